The van der Waals surface area contributed by atoms with Crippen LogP contribution in [0.3, 0.4) is 0 Å². The van der Waals surface area contributed by atoms with Gasteiger partial charge >= 0.3 is 0 Å². The second kappa shape index (κ2) is 7.31. The largest absolute Gasteiger partial charge is 0.317 e. The van der Waals surface area contributed by atoms with Crippen LogP contribution in [0.15, 0.2) is 6.33 Å². The van der Waals surface area contributed by atoms with Crippen LogP contribution >= 0.6 is 24.8 Å². The second-order valence-corrected chi connectivity index (χ2v) is 5.26. The van der Waals surface area contributed by atoms with E-state index in [-0.39, 0.29) is 24.8 Å². The molecule has 1 unspecified atom stereocenters. The van der Waals surface area contributed by atoms with E-state index in [0.717, 1.165) is 31.3 Å². The molecule has 1 aliphatic carbocycles. The average molecular weight is 293 g/mol. The Labute approximate surface area is 121 Å². The summed E-state index contributed by atoms with van der Waals surface area (Å²) < 4.78 is 2.27. The van der Waals surface area contributed by atoms with E-state index in [2.05, 4.69) is 20.1 Å². The zero-order valence-electron chi connectivity index (χ0n) is 10.5. The molecule has 0 bridgehead atoms. The van der Waals surface area contributed by atoms with Crippen molar-refractivity contribution in [2.75, 3.05) is 13.1 Å². The van der Waals surface area contributed by atoms with E-state index in [4.69, 9.17) is 0 Å². The highest BCUT2D eigenvalue weighted by Crippen LogP contribution is 2.31. The third-order valence-electron chi connectivity index (χ3n) is 3.72. The summed E-state index contributed by atoms with van der Waals surface area (Å²) >= 11 is 0. The van der Waals surface area contributed by atoms with Gasteiger partial charge < -0.3 is 9.88 Å². The van der Waals surface area contributed by atoms with Crippen molar-refractivity contribution in [3.05, 3.63) is 12.2 Å². The van der Waals surface area contributed by atoms with Crippen LogP contribution in [-0.2, 0) is 13.0 Å². The molecule has 6 heteroatoms. The van der Waals surface area contributed by atoms with Crippen molar-refractivity contribution in [2.45, 2.75) is 38.6 Å². The van der Waals surface area contributed by atoms with Gasteiger partial charge in [-0.05, 0) is 50.6 Å². The molecule has 1 aromatic heterocycles. The van der Waals surface area contributed by atoms with Crippen molar-refractivity contribution in [3.8, 4) is 0 Å². The smallest absolute Gasteiger partial charge is 0.133 e. The van der Waals surface area contributed by atoms with E-state index in [0.29, 0.717) is 0 Å². The summed E-state index contributed by atoms with van der Waals surface area (Å²) in [7, 11) is 0. The van der Waals surface area contributed by atoms with E-state index in [1.807, 2.05) is 6.33 Å². The van der Waals surface area contributed by atoms with Gasteiger partial charge in [0.05, 0.1) is 0 Å². The van der Waals surface area contributed by atoms with Crippen molar-refractivity contribution in [1.82, 2.24) is 20.1 Å². The number of nitrogens with zero attached hydrogens (tertiary/aromatic N) is 3. The molecule has 0 amide bonds. The van der Waals surface area contributed by atoms with Crippen LogP contribution in [0.2, 0.25) is 0 Å². The van der Waals surface area contributed by atoms with Crippen molar-refractivity contribution < 1.29 is 0 Å². The van der Waals surface area contributed by atoms with Crippen LogP contribution < -0.4 is 5.32 Å². The van der Waals surface area contributed by atoms with Gasteiger partial charge in [-0.25, -0.2) is 0 Å². The number of hydrogen-bond donors (Lipinski definition) is 1. The molecule has 2 fully saturated rings. The molecule has 1 N–H and O–H groups in total. The quantitative estimate of drug-likeness (QED) is 0.924. The van der Waals surface area contributed by atoms with Crippen molar-refractivity contribution in [1.29, 1.82) is 0 Å². The number of aromatic nitrogens is 3. The normalized spacial score (nSPS) is 23.0. The Kier molecular flexibility index (Phi) is 6.39. The van der Waals surface area contributed by atoms with Gasteiger partial charge in [0.15, 0.2) is 0 Å². The van der Waals surface area contributed by atoms with Crippen molar-refractivity contribution >= 4 is 24.8 Å². The third kappa shape index (κ3) is 4.11. The Bertz CT molecular complexity index is 346. The summed E-state index contributed by atoms with van der Waals surface area (Å²) in [5.41, 5.74) is 0. The molecule has 0 radical (unpaired) electrons. The van der Waals surface area contributed by atoms with Gasteiger partial charge in [-0.1, -0.05) is 0 Å². The number of halogens is 2. The summed E-state index contributed by atoms with van der Waals surface area (Å²) in [5, 5.41) is 11.8. The molecule has 3 rings (SSSR count). The average Bonchev–Trinajstić information content (AvgIpc) is 3.02. The Balaban J connectivity index is 0.000000810. The first kappa shape index (κ1) is 15.7. The van der Waals surface area contributed by atoms with Crippen LogP contribution in [0.4, 0.5) is 0 Å². The predicted molar refractivity (Wildman–Crippen MR) is 76.5 cm³/mol. The second-order valence-electron chi connectivity index (χ2n) is 5.26. The Morgan fingerprint density at radius 1 is 1.22 bits per heavy atom. The zero-order chi connectivity index (χ0) is 10.8. The minimum absolute atomic E-state index is 0. The third-order valence-corrected chi connectivity index (χ3v) is 3.72. The molecule has 2 heterocycles. The van der Waals surface area contributed by atoms with Crippen LogP contribution in [0.25, 0.3) is 0 Å². The Hall–Kier alpha value is -0.320. The van der Waals surface area contributed by atoms with Crippen molar-refractivity contribution in [3.63, 3.8) is 0 Å². The molecule has 1 aromatic rings. The number of hydrogen-bond acceptors (Lipinski definition) is 3. The molecular formula is C12H22Cl2N4. The molecular weight excluding hydrogens is 271 g/mol. The minimum Gasteiger partial charge on any atom is -0.317 e. The molecule has 1 aliphatic heterocycles. The van der Waals surface area contributed by atoms with E-state index in [9.17, 15) is 0 Å². The summed E-state index contributed by atoms with van der Waals surface area (Å²) in [4.78, 5) is 0. The van der Waals surface area contributed by atoms with Gasteiger partial charge in [-0.3, -0.25) is 0 Å². The lowest BCUT2D eigenvalue weighted by Gasteiger charge is -2.22. The highest BCUT2D eigenvalue weighted by atomic mass is 35.5. The fraction of sp³-hybridized carbons (Fsp3) is 0.833. The SMILES string of the molecule is Cl.Cl.c1nnc(CC2CCCNC2)n1CC1CC1. The van der Waals surface area contributed by atoms with Crippen LogP contribution in [0.1, 0.15) is 31.5 Å². The molecule has 0 aromatic carbocycles. The fourth-order valence-corrected chi connectivity index (χ4v) is 2.52. The number of piperidine rings is 1. The molecule has 1 saturated heterocycles. The summed E-state index contributed by atoms with van der Waals surface area (Å²) in [6.45, 7) is 3.48. The first-order valence-electron chi connectivity index (χ1n) is 6.49. The molecule has 18 heavy (non-hydrogen) atoms. The maximum atomic E-state index is 4.28. The molecule has 104 valence electrons. The van der Waals surface area contributed by atoms with Crippen molar-refractivity contribution in [2.24, 2.45) is 11.8 Å². The molecule has 1 saturated carbocycles. The van der Waals surface area contributed by atoms with E-state index in [1.54, 1.807) is 0 Å². The van der Waals surface area contributed by atoms with Gasteiger partial charge in [-0.15, -0.1) is 35.0 Å². The lowest BCUT2D eigenvalue weighted by molar-refractivity contribution is 0.365. The van der Waals surface area contributed by atoms with Crippen LogP contribution in [0.5, 0.6) is 0 Å². The van der Waals surface area contributed by atoms with Gasteiger partial charge in [0.25, 0.3) is 0 Å². The van der Waals surface area contributed by atoms with Gasteiger partial charge in [-0.2, -0.15) is 0 Å². The predicted octanol–water partition coefficient (Wildman–Crippen LogP) is 2.07. The van der Waals surface area contributed by atoms with Gasteiger partial charge in [0.2, 0.25) is 0 Å². The number of rotatable bonds is 4. The van der Waals surface area contributed by atoms with E-state index >= 15 is 0 Å². The van der Waals surface area contributed by atoms with E-state index < -0.39 is 0 Å². The lowest BCUT2D eigenvalue weighted by Crippen LogP contribution is -2.31. The maximum Gasteiger partial charge on any atom is 0.133 e. The zero-order valence-corrected chi connectivity index (χ0v) is 12.2. The molecule has 1 atom stereocenters. The van der Waals surface area contributed by atoms with Gasteiger partial charge in [0, 0.05) is 13.0 Å². The summed E-state index contributed by atoms with van der Waals surface area (Å²) in [6.07, 6.45) is 8.43. The minimum atomic E-state index is 0. The maximum absolute atomic E-state index is 4.28. The lowest BCUT2D eigenvalue weighted by atomic mass is 9.96. The first-order valence-corrected chi connectivity index (χ1v) is 6.49. The van der Waals surface area contributed by atoms with Crippen LogP contribution in [0, 0.1) is 11.8 Å². The first-order chi connectivity index (χ1) is 7.92. The molecule has 2 aliphatic rings. The van der Waals surface area contributed by atoms with Crippen LogP contribution in [-0.4, -0.2) is 27.9 Å². The summed E-state index contributed by atoms with van der Waals surface area (Å²) in [6, 6.07) is 0. The summed E-state index contributed by atoms with van der Waals surface area (Å²) in [5.74, 6) is 2.86. The Morgan fingerprint density at radius 3 is 2.72 bits per heavy atom. The Morgan fingerprint density at radius 2 is 2.06 bits per heavy atom. The monoisotopic (exact) mass is 292 g/mol. The fourth-order valence-electron chi connectivity index (χ4n) is 2.52. The highest BCUT2D eigenvalue weighted by Gasteiger charge is 2.24. The molecule has 4 nitrogen and oxygen atoms in total. The standard InChI is InChI=1S/C12H20N4.2ClH/c1-2-11(7-13-5-1)6-12-15-14-9-16(12)8-10-3-4-10;;/h9-11,13H,1-8H2;2*1H. The highest BCUT2D eigenvalue weighted by molar-refractivity contribution is 5.85. The number of nitrogens with one attached hydrogen (secondary N) is 1. The van der Waals surface area contributed by atoms with Gasteiger partial charge in [0.1, 0.15) is 12.2 Å². The molecule has 0 spiro atoms. The topological polar surface area (TPSA) is 42.7 Å². The van der Waals surface area contributed by atoms with E-state index in [1.165, 1.54) is 38.1 Å².